The zero-order valence-corrected chi connectivity index (χ0v) is 40.6. The third-order valence-electron chi connectivity index (χ3n) is 10.3. The first kappa shape index (κ1) is 47.5. The topological polar surface area (TPSA) is 241 Å². The van der Waals surface area contributed by atoms with Gasteiger partial charge in [0.2, 0.25) is 10.3 Å². The van der Waals surface area contributed by atoms with E-state index in [0.717, 1.165) is 15.9 Å². The van der Waals surface area contributed by atoms with Gasteiger partial charge in [0, 0.05) is 27.0 Å². The smallest absolute Gasteiger partial charge is 0.301 e. The fourth-order valence-electron chi connectivity index (χ4n) is 7.44. The number of ether oxygens (including phenoxy) is 4. The number of carbonyl (C=O) groups excluding carboxylic acids is 4. The van der Waals surface area contributed by atoms with E-state index in [4.69, 9.17) is 28.8 Å². The maximum atomic E-state index is 13.1. The molecule has 0 aliphatic carbocycles. The van der Waals surface area contributed by atoms with Crippen molar-refractivity contribution in [2.24, 2.45) is 0 Å². The van der Waals surface area contributed by atoms with Crippen molar-refractivity contribution in [1.29, 1.82) is 0 Å². The molecular weight excluding hydrogens is 1050 g/mol. The van der Waals surface area contributed by atoms with Crippen molar-refractivity contribution < 1.29 is 58.2 Å². The van der Waals surface area contributed by atoms with Gasteiger partial charge in [0.15, 0.2) is 23.0 Å². The summed E-state index contributed by atoms with van der Waals surface area (Å²) in [4.78, 5) is 64.0. The standard InChI is InChI=1S/2C22H16BrN3O5S.C2H4O2/c2*1-11-24-25-22(32-11)26-18(12-2-5-14(23)6-3-12)17(20(28)21(26)29)19(27)13-4-7-15-16(10-13)31-9-8-30-15;1-2(3)4/h2*2-7,10,18,27H,8-9H2,1H3;1H3,(H,3,4)/b2*19-17+;. The number of benzene rings is 4. The van der Waals surface area contributed by atoms with Gasteiger partial charge in [-0.05, 0) is 85.6 Å². The molecule has 2 aromatic heterocycles. The Hall–Kier alpha value is -7.01. The number of carboxylic acids is 1. The van der Waals surface area contributed by atoms with E-state index < -0.39 is 41.4 Å². The van der Waals surface area contributed by atoms with E-state index in [0.29, 0.717) is 92.0 Å². The minimum absolute atomic E-state index is 0.0261. The highest BCUT2D eigenvalue weighted by atomic mass is 79.9. The summed E-state index contributed by atoms with van der Waals surface area (Å²) in [6.07, 6.45) is 0. The van der Waals surface area contributed by atoms with Crippen molar-refractivity contribution in [2.45, 2.75) is 32.9 Å². The van der Waals surface area contributed by atoms with Crippen LogP contribution in [-0.4, -0.2) is 91.5 Å². The number of nitrogens with zero attached hydrogens (tertiary/aromatic N) is 6. The Morgan fingerprint density at radius 1 is 0.559 bits per heavy atom. The number of Topliss-reactive ketones (excluding diaryl/α,β-unsaturated/α-hetero) is 2. The van der Waals surface area contributed by atoms with E-state index in [9.17, 15) is 29.4 Å². The second kappa shape index (κ2) is 20.1. The molecule has 22 heteroatoms. The Labute approximate surface area is 411 Å². The number of fused-ring (bicyclic) bond motifs is 2. The molecule has 2 saturated heterocycles. The number of aryl methyl sites for hydroxylation is 2. The highest BCUT2D eigenvalue weighted by Gasteiger charge is 2.50. The van der Waals surface area contributed by atoms with Crippen LogP contribution in [0.4, 0.5) is 10.3 Å². The number of halogens is 2. The fraction of sp³-hybridized carbons (Fsp3) is 0.196. The number of aliphatic hydroxyl groups excluding tert-OH is 2. The predicted octanol–water partition coefficient (Wildman–Crippen LogP) is 8.10. The van der Waals surface area contributed by atoms with Crippen LogP contribution in [0.1, 0.15) is 51.3 Å². The predicted molar refractivity (Wildman–Crippen MR) is 255 cm³/mol. The van der Waals surface area contributed by atoms with Crippen molar-refractivity contribution in [3.8, 4) is 23.0 Å². The van der Waals surface area contributed by atoms with Crippen molar-refractivity contribution >= 4 is 106 Å². The molecule has 2 fully saturated rings. The van der Waals surface area contributed by atoms with E-state index in [-0.39, 0.29) is 22.7 Å². The summed E-state index contributed by atoms with van der Waals surface area (Å²) in [6, 6.07) is 22.5. The van der Waals surface area contributed by atoms with Crippen LogP contribution in [-0.2, 0) is 24.0 Å². The number of aliphatic carboxylic acids is 1. The number of carboxylic acid groups (broad SMARTS) is 1. The van der Waals surface area contributed by atoms with Crippen molar-refractivity contribution in [3.05, 3.63) is 137 Å². The number of hydrogen-bond acceptors (Lipinski definition) is 17. The normalized spacial score (nSPS) is 18.7. The number of amides is 2. The van der Waals surface area contributed by atoms with E-state index in [1.807, 2.05) is 24.3 Å². The molecule has 2 atom stereocenters. The van der Waals surface area contributed by atoms with Gasteiger partial charge in [-0.2, -0.15) is 0 Å². The zero-order chi connectivity index (χ0) is 48.4. The maximum absolute atomic E-state index is 13.1. The Balaban J connectivity index is 0.000000171. The molecule has 0 bridgehead atoms. The van der Waals surface area contributed by atoms with Gasteiger partial charge in [-0.1, -0.05) is 78.8 Å². The number of aliphatic hydroxyl groups is 2. The SMILES string of the molecule is CC(=O)O.Cc1nnc(N2C(=O)C(=O)/C(=C(/O)c3ccc4c(c3)OCCO4)C2c2ccc(Br)cc2)s1.Cc1nnc(N2C(=O)C(=O)/C(=C(/O)c3ccc4c(c3)OCCO4)C2c2ccc(Br)cc2)s1. The first-order valence-corrected chi connectivity index (χ1v) is 23.6. The van der Waals surface area contributed by atoms with Crippen LogP contribution in [0.5, 0.6) is 23.0 Å². The first-order valence-electron chi connectivity index (χ1n) is 20.3. The molecule has 0 spiro atoms. The average molecular weight is 1090 g/mol. The molecule has 0 radical (unpaired) electrons. The lowest BCUT2D eigenvalue weighted by Crippen LogP contribution is -2.29. The van der Waals surface area contributed by atoms with E-state index >= 15 is 0 Å². The van der Waals surface area contributed by atoms with Crippen LogP contribution in [0.3, 0.4) is 0 Å². The quantitative estimate of drug-likeness (QED) is 0.0811. The molecule has 18 nitrogen and oxygen atoms in total. The second-order valence-corrected chi connectivity index (χ2v) is 19.0. The molecule has 6 aromatic rings. The second-order valence-electron chi connectivity index (χ2n) is 14.9. The first-order chi connectivity index (χ1) is 32.6. The lowest BCUT2D eigenvalue weighted by atomic mass is 9.95. The molecule has 0 saturated carbocycles. The number of rotatable bonds is 6. The minimum atomic E-state index is -0.858. The fourth-order valence-corrected chi connectivity index (χ4v) is 9.40. The van der Waals surface area contributed by atoms with Gasteiger partial charge in [0.1, 0.15) is 48.0 Å². The van der Waals surface area contributed by atoms with Gasteiger partial charge < -0.3 is 34.3 Å². The number of ketones is 2. The Morgan fingerprint density at radius 2 is 0.897 bits per heavy atom. The summed E-state index contributed by atoms with van der Waals surface area (Å²) in [7, 11) is 0. The molecule has 348 valence electrons. The molecule has 2 amide bonds. The summed E-state index contributed by atoms with van der Waals surface area (Å²) < 4.78 is 23.9. The van der Waals surface area contributed by atoms with E-state index in [2.05, 4.69) is 52.3 Å². The molecule has 10 rings (SSSR count). The molecule has 68 heavy (non-hydrogen) atoms. The van der Waals surface area contributed by atoms with Gasteiger partial charge in [-0.3, -0.25) is 33.8 Å². The lowest BCUT2D eigenvalue weighted by molar-refractivity contribution is -0.134. The summed E-state index contributed by atoms with van der Waals surface area (Å²) in [5.41, 5.74) is 1.95. The third-order valence-corrected chi connectivity index (χ3v) is 13.1. The average Bonchev–Trinajstić information content (AvgIpc) is 4.09. The number of hydrogen-bond donors (Lipinski definition) is 3. The van der Waals surface area contributed by atoms with Crippen LogP contribution >= 0.6 is 54.5 Å². The molecule has 4 aromatic carbocycles. The Kier molecular flexibility index (Phi) is 14.0. The Bertz CT molecular complexity index is 2850. The summed E-state index contributed by atoms with van der Waals surface area (Å²) in [6.45, 7) is 6.26. The molecular formula is C46H36Br2N6O12S2. The summed E-state index contributed by atoms with van der Waals surface area (Å²) in [5, 5.41) is 47.8. The van der Waals surface area contributed by atoms with E-state index in [1.54, 1.807) is 74.5 Å². The number of aromatic nitrogens is 4. The number of carbonyl (C=O) groups is 5. The van der Waals surface area contributed by atoms with Crippen LogP contribution in [0.15, 0.2) is 105 Å². The highest BCUT2D eigenvalue weighted by molar-refractivity contribution is 9.10. The van der Waals surface area contributed by atoms with Crippen LogP contribution in [0.25, 0.3) is 11.5 Å². The minimum Gasteiger partial charge on any atom is -0.507 e. The molecule has 2 unspecified atom stereocenters. The highest BCUT2D eigenvalue weighted by Crippen LogP contribution is 2.46. The Morgan fingerprint density at radius 3 is 1.22 bits per heavy atom. The van der Waals surface area contributed by atoms with Gasteiger partial charge in [-0.25, -0.2) is 0 Å². The number of anilines is 2. The van der Waals surface area contributed by atoms with Crippen molar-refractivity contribution in [1.82, 2.24) is 20.4 Å². The molecule has 4 aliphatic rings. The lowest BCUT2D eigenvalue weighted by Gasteiger charge is -2.23. The maximum Gasteiger partial charge on any atom is 0.301 e. The largest absolute Gasteiger partial charge is 0.507 e. The van der Waals surface area contributed by atoms with Gasteiger partial charge in [0.25, 0.3) is 17.5 Å². The van der Waals surface area contributed by atoms with Crippen LogP contribution in [0.2, 0.25) is 0 Å². The molecule has 6 heterocycles. The monoisotopic (exact) mass is 1090 g/mol. The summed E-state index contributed by atoms with van der Waals surface area (Å²) >= 11 is 9.21. The van der Waals surface area contributed by atoms with Gasteiger partial charge in [0.05, 0.1) is 23.2 Å². The van der Waals surface area contributed by atoms with Crippen molar-refractivity contribution in [2.75, 3.05) is 36.2 Å². The van der Waals surface area contributed by atoms with E-state index in [1.165, 1.54) is 32.5 Å². The van der Waals surface area contributed by atoms with Gasteiger partial charge in [-0.15, -0.1) is 20.4 Å². The molecule has 3 N–H and O–H groups in total. The van der Waals surface area contributed by atoms with Gasteiger partial charge >= 0.3 is 11.8 Å². The van der Waals surface area contributed by atoms with Crippen molar-refractivity contribution in [3.63, 3.8) is 0 Å². The zero-order valence-electron chi connectivity index (χ0n) is 35.8. The van der Waals surface area contributed by atoms with Crippen LogP contribution in [0, 0.1) is 13.8 Å². The van der Waals surface area contributed by atoms with Crippen LogP contribution < -0.4 is 28.7 Å². The summed E-state index contributed by atoms with van der Waals surface area (Å²) in [5.74, 6) is -2.50. The third kappa shape index (κ3) is 9.70. The molecule has 4 aliphatic heterocycles.